The monoisotopic (exact) mass is 386 g/mol. The summed E-state index contributed by atoms with van der Waals surface area (Å²) in [4.78, 5) is 16.9. The molecule has 0 fully saturated rings. The van der Waals surface area contributed by atoms with Gasteiger partial charge in [0.1, 0.15) is 11.3 Å². The van der Waals surface area contributed by atoms with E-state index in [-0.39, 0.29) is 12.5 Å². The molecule has 0 aliphatic carbocycles. The number of aryl methyl sites for hydroxylation is 3. The molecular formula is C24H22N2O3. The molecule has 3 aromatic carbocycles. The van der Waals surface area contributed by atoms with E-state index in [1.54, 1.807) is 0 Å². The Kier molecular flexibility index (Phi) is 5.04. The summed E-state index contributed by atoms with van der Waals surface area (Å²) in [7, 11) is 0. The van der Waals surface area contributed by atoms with E-state index in [1.165, 1.54) is 0 Å². The van der Waals surface area contributed by atoms with Crippen LogP contribution in [0.25, 0.3) is 22.6 Å². The Morgan fingerprint density at radius 1 is 1.00 bits per heavy atom. The number of carbonyl (C=O) groups is 1. The first-order valence-electron chi connectivity index (χ1n) is 9.46. The molecule has 0 atom stereocenters. The molecule has 1 amide bonds. The Hall–Kier alpha value is -3.60. The second-order valence-electron chi connectivity index (χ2n) is 7.13. The number of carbonyl (C=O) groups excluding carboxylic acids is 1. The lowest BCUT2D eigenvalue weighted by atomic mass is 10.1. The highest BCUT2D eigenvalue weighted by molar-refractivity contribution is 5.92. The average molecular weight is 386 g/mol. The number of ether oxygens (including phenoxy) is 1. The standard InChI is InChI=1S/C24H22N2O3/c1-15-11-17(3)23-20(12-15)26-24(29-23)18-8-6-9-19(13-18)25-22(27)14-28-21-10-5-4-7-16(21)2/h4-13H,14H2,1-3H3,(H,25,27). The molecule has 29 heavy (non-hydrogen) atoms. The number of anilines is 1. The Morgan fingerprint density at radius 3 is 2.66 bits per heavy atom. The van der Waals surface area contributed by atoms with Crippen LogP contribution in [0.15, 0.2) is 65.1 Å². The summed E-state index contributed by atoms with van der Waals surface area (Å²) < 4.78 is 11.6. The number of nitrogens with one attached hydrogen (secondary N) is 1. The van der Waals surface area contributed by atoms with Gasteiger partial charge in [-0.05, 0) is 67.8 Å². The molecule has 0 unspecified atom stereocenters. The molecule has 5 heteroatoms. The van der Waals surface area contributed by atoms with Gasteiger partial charge in [0.25, 0.3) is 5.91 Å². The summed E-state index contributed by atoms with van der Waals surface area (Å²) in [6, 6.07) is 19.1. The van der Waals surface area contributed by atoms with Gasteiger partial charge >= 0.3 is 0 Å². The lowest BCUT2D eigenvalue weighted by Gasteiger charge is -2.09. The van der Waals surface area contributed by atoms with E-state index in [1.807, 2.05) is 75.4 Å². The maximum Gasteiger partial charge on any atom is 0.262 e. The highest BCUT2D eigenvalue weighted by atomic mass is 16.5. The van der Waals surface area contributed by atoms with Crippen LogP contribution in [0, 0.1) is 20.8 Å². The normalized spacial score (nSPS) is 10.9. The van der Waals surface area contributed by atoms with Gasteiger partial charge in [0.2, 0.25) is 5.89 Å². The number of hydrogen-bond acceptors (Lipinski definition) is 4. The third-order valence-corrected chi connectivity index (χ3v) is 4.67. The van der Waals surface area contributed by atoms with Gasteiger partial charge in [0.05, 0.1) is 0 Å². The Morgan fingerprint density at radius 2 is 1.83 bits per heavy atom. The molecule has 4 rings (SSSR count). The van der Waals surface area contributed by atoms with Gasteiger partial charge in [-0.1, -0.05) is 30.3 Å². The van der Waals surface area contributed by atoms with Crippen LogP contribution in [-0.2, 0) is 4.79 Å². The minimum atomic E-state index is -0.227. The minimum Gasteiger partial charge on any atom is -0.483 e. The van der Waals surface area contributed by atoms with Crippen molar-refractivity contribution in [3.63, 3.8) is 0 Å². The zero-order chi connectivity index (χ0) is 20.4. The summed E-state index contributed by atoms with van der Waals surface area (Å²) in [5.74, 6) is 1.00. The van der Waals surface area contributed by atoms with Crippen LogP contribution in [0.3, 0.4) is 0 Å². The van der Waals surface area contributed by atoms with Crippen LogP contribution in [0.1, 0.15) is 16.7 Å². The Bertz CT molecular complexity index is 1190. The first kappa shape index (κ1) is 18.7. The molecule has 0 saturated heterocycles. The SMILES string of the molecule is Cc1cc(C)c2oc(-c3cccc(NC(=O)COc4ccccc4C)c3)nc2c1. The van der Waals surface area contributed by atoms with E-state index in [9.17, 15) is 4.79 Å². The maximum atomic E-state index is 12.3. The first-order valence-corrected chi connectivity index (χ1v) is 9.46. The third kappa shape index (κ3) is 4.14. The predicted octanol–water partition coefficient (Wildman–Crippen LogP) is 5.44. The zero-order valence-electron chi connectivity index (χ0n) is 16.7. The van der Waals surface area contributed by atoms with E-state index in [2.05, 4.69) is 16.4 Å². The largest absolute Gasteiger partial charge is 0.483 e. The summed E-state index contributed by atoms with van der Waals surface area (Å²) in [5.41, 5.74) is 6.27. The molecule has 0 radical (unpaired) electrons. The van der Waals surface area contributed by atoms with Crippen molar-refractivity contribution in [2.24, 2.45) is 0 Å². The topological polar surface area (TPSA) is 64.4 Å². The summed E-state index contributed by atoms with van der Waals surface area (Å²) >= 11 is 0. The van der Waals surface area contributed by atoms with Crippen molar-refractivity contribution < 1.29 is 13.9 Å². The van der Waals surface area contributed by atoms with Crippen LogP contribution < -0.4 is 10.1 Å². The first-order chi connectivity index (χ1) is 14.0. The van der Waals surface area contributed by atoms with Crippen molar-refractivity contribution in [1.82, 2.24) is 4.98 Å². The molecule has 0 saturated carbocycles. The Balaban J connectivity index is 1.49. The van der Waals surface area contributed by atoms with Gasteiger partial charge in [-0.3, -0.25) is 4.79 Å². The fraction of sp³-hybridized carbons (Fsp3) is 0.167. The van der Waals surface area contributed by atoms with Gasteiger partial charge in [-0.15, -0.1) is 0 Å². The molecule has 1 aromatic heterocycles. The van der Waals surface area contributed by atoms with Gasteiger partial charge in [-0.25, -0.2) is 4.98 Å². The maximum absolute atomic E-state index is 12.3. The number of fused-ring (bicyclic) bond motifs is 1. The van der Waals surface area contributed by atoms with E-state index in [4.69, 9.17) is 9.15 Å². The predicted molar refractivity (Wildman–Crippen MR) is 114 cm³/mol. The van der Waals surface area contributed by atoms with Crippen LogP contribution in [0.4, 0.5) is 5.69 Å². The molecular weight excluding hydrogens is 364 g/mol. The second-order valence-corrected chi connectivity index (χ2v) is 7.13. The smallest absolute Gasteiger partial charge is 0.262 e. The molecule has 0 bridgehead atoms. The number of para-hydroxylation sites is 1. The van der Waals surface area contributed by atoms with Gasteiger partial charge in [0, 0.05) is 11.3 Å². The summed E-state index contributed by atoms with van der Waals surface area (Å²) in [6.07, 6.45) is 0. The summed E-state index contributed by atoms with van der Waals surface area (Å²) in [6.45, 7) is 5.93. The third-order valence-electron chi connectivity index (χ3n) is 4.67. The molecule has 1 N–H and O–H groups in total. The van der Waals surface area contributed by atoms with Gasteiger partial charge in [0.15, 0.2) is 12.2 Å². The molecule has 1 heterocycles. The molecule has 5 nitrogen and oxygen atoms in total. The van der Waals surface area contributed by atoms with Crippen molar-refractivity contribution >= 4 is 22.7 Å². The number of rotatable bonds is 5. The van der Waals surface area contributed by atoms with Crippen LogP contribution in [0.5, 0.6) is 5.75 Å². The fourth-order valence-corrected chi connectivity index (χ4v) is 3.29. The average Bonchev–Trinajstić information content (AvgIpc) is 3.12. The van der Waals surface area contributed by atoms with Crippen LogP contribution >= 0.6 is 0 Å². The van der Waals surface area contributed by atoms with Crippen molar-refractivity contribution in [2.75, 3.05) is 11.9 Å². The quantitative estimate of drug-likeness (QED) is 0.496. The number of nitrogens with zero attached hydrogens (tertiary/aromatic N) is 1. The van der Waals surface area contributed by atoms with E-state index < -0.39 is 0 Å². The molecule has 0 aliphatic rings. The molecule has 0 aliphatic heterocycles. The lowest BCUT2D eigenvalue weighted by Crippen LogP contribution is -2.20. The van der Waals surface area contributed by atoms with E-state index in [0.717, 1.165) is 33.4 Å². The molecule has 146 valence electrons. The van der Waals surface area contributed by atoms with E-state index in [0.29, 0.717) is 17.3 Å². The summed E-state index contributed by atoms with van der Waals surface area (Å²) in [5, 5.41) is 2.86. The minimum absolute atomic E-state index is 0.0591. The van der Waals surface area contributed by atoms with Crippen molar-refractivity contribution in [1.29, 1.82) is 0 Å². The number of oxazole rings is 1. The highest BCUT2D eigenvalue weighted by Crippen LogP contribution is 2.28. The van der Waals surface area contributed by atoms with Crippen molar-refractivity contribution in [3.05, 3.63) is 77.4 Å². The fourth-order valence-electron chi connectivity index (χ4n) is 3.29. The van der Waals surface area contributed by atoms with Crippen molar-refractivity contribution in [2.45, 2.75) is 20.8 Å². The molecule has 4 aromatic rings. The molecule has 0 spiro atoms. The van der Waals surface area contributed by atoms with Gasteiger partial charge < -0.3 is 14.5 Å². The number of hydrogen-bond donors (Lipinski definition) is 1. The second kappa shape index (κ2) is 7.80. The van der Waals surface area contributed by atoms with Gasteiger partial charge in [-0.2, -0.15) is 0 Å². The van der Waals surface area contributed by atoms with E-state index >= 15 is 0 Å². The Labute approximate surface area is 169 Å². The number of aromatic nitrogens is 1. The van der Waals surface area contributed by atoms with Crippen LogP contribution in [0.2, 0.25) is 0 Å². The zero-order valence-corrected chi connectivity index (χ0v) is 16.7. The number of benzene rings is 3. The number of amides is 1. The van der Waals surface area contributed by atoms with Crippen molar-refractivity contribution in [3.8, 4) is 17.2 Å². The highest BCUT2D eigenvalue weighted by Gasteiger charge is 2.12. The lowest BCUT2D eigenvalue weighted by molar-refractivity contribution is -0.118. The van der Waals surface area contributed by atoms with Crippen LogP contribution in [-0.4, -0.2) is 17.5 Å².